The van der Waals surface area contributed by atoms with Crippen molar-refractivity contribution in [2.45, 2.75) is 63.7 Å². The van der Waals surface area contributed by atoms with Crippen molar-refractivity contribution in [3.63, 3.8) is 0 Å². The molecule has 0 amide bonds. The molecule has 1 unspecified atom stereocenters. The summed E-state index contributed by atoms with van der Waals surface area (Å²) in [5.74, 6) is -0.130. The van der Waals surface area contributed by atoms with Gasteiger partial charge in [-0.2, -0.15) is 0 Å². The molecule has 1 N–H and O–H groups in total. The molecule has 0 saturated carbocycles. The predicted molar refractivity (Wildman–Crippen MR) is 181 cm³/mol. The van der Waals surface area contributed by atoms with Crippen molar-refractivity contribution >= 4 is 33.4 Å². The Morgan fingerprint density at radius 3 is 2.43 bits per heavy atom. The van der Waals surface area contributed by atoms with Crippen LogP contribution in [-0.2, 0) is 22.7 Å². The molecule has 4 aromatic rings. The van der Waals surface area contributed by atoms with Gasteiger partial charge in [0.15, 0.2) is 9.84 Å². The number of benzene rings is 4. The molecule has 0 fully saturated rings. The molecule has 1 atom stereocenters. The van der Waals surface area contributed by atoms with Crippen LogP contribution in [-0.4, -0.2) is 19.3 Å². The van der Waals surface area contributed by atoms with E-state index in [2.05, 4.69) is 62.4 Å². The highest BCUT2D eigenvalue weighted by Crippen LogP contribution is 2.40. The van der Waals surface area contributed by atoms with Crippen LogP contribution in [0.2, 0.25) is 0 Å². The second-order valence-corrected chi connectivity index (χ2v) is 14.2. The van der Waals surface area contributed by atoms with Crippen molar-refractivity contribution < 1.29 is 13.5 Å². The van der Waals surface area contributed by atoms with Crippen molar-refractivity contribution in [3.05, 3.63) is 129 Å². The van der Waals surface area contributed by atoms with Gasteiger partial charge in [-0.25, -0.2) is 8.42 Å². The molecule has 0 saturated heterocycles. The summed E-state index contributed by atoms with van der Waals surface area (Å²) in [7, 11) is -3.43. The second kappa shape index (κ2) is 12.5. The van der Waals surface area contributed by atoms with Crippen LogP contribution < -0.4 is 15.3 Å². The van der Waals surface area contributed by atoms with Crippen molar-refractivity contribution in [1.29, 1.82) is 0 Å². The van der Waals surface area contributed by atoms with E-state index in [0.29, 0.717) is 11.1 Å². The molecule has 4 aromatic carbocycles. The van der Waals surface area contributed by atoms with Gasteiger partial charge in [0, 0.05) is 18.0 Å². The normalized spacial score (nSPS) is 19.0. The van der Waals surface area contributed by atoms with E-state index in [0.717, 1.165) is 12.1 Å². The molecule has 1 aliphatic heterocycles. The summed E-state index contributed by atoms with van der Waals surface area (Å²) >= 11 is 0. The van der Waals surface area contributed by atoms with E-state index >= 15 is 0 Å². The van der Waals surface area contributed by atoms with Gasteiger partial charge in [-0.15, -0.1) is 0 Å². The molecule has 0 spiro atoms. The summed E-state index contributed by atoms with van der Waals surface area (Å²) in [6.45, 7) is 4.71. The minimum atomic E-state index is -3.43. The highest BCUT2D eigenvalue weighted by molar-refractivity contribution is 7.91. The maximum Gasteiger partial charge on any atom is 0.184 e. The molecular weight excluding hydrogens is 563 g/mol. The lowest BCUT2D eigenvalue weighted by Crippen LogP contribution is -2.32. The minimum absolute atomic E-state index is 0.0535. The number of unbranched alkanes of at least 4 members (excludes halogenated alkanes) is 1. The zero-order valence-corrected chi connectivity index (χ0v) is 26.5. The Kier molecular flexibility index (Phi) is 8.50. The zero-order chi connectivity index (χ0) is 30.7. The van der Waals surface area contributed by atoms with Crippen LogP contribution in [0.3, 0.4) is 0 Å². The van der Waals surface area contributed by atoms with Crippen molar-refractivity contribution in [2.24, 2.45) is 5.41 Å². The third-order valence-corrected chi connectivity index (χ3v) is 11.1. The number of sulfone groups is 1. The fourth-order valence-corrected chi connectivity index (χ4v) is 8.21. The number of phenolic OH excluding ortho intramolecular Hbond substituents is 1. The summed E-state index contributed by atoms with van der Waals surface area (Å²) in [5, 5.41) is 15.4. The van der Waals surface area contributed by atoms with E-state index in [1.54, 1.807) is 34.4 Å². The molecule has 0 radical (unpaired) electrons. The summed E-state index contributed by atoms with van der Waals surface area (Å²) in [5.41, 5.74) is 5.14. The van der Waals surface area contributed by atoms with E-state index in [1.165, 1.54) is 71.5 Å². The Hall–Kier alpha value is -4.09. The van der Waals surface area contributed by atoms with E-state index < -0.39 is 9.84 Å². The summed E-state index contributed by atoms with van der Waals surface area (Å²) in [6, 6.07) is 27.5. The first-order chi connectivity index (χ1) is 21.3. The standard InChI is InChI=1S/C24H28.C15H13NO3S/c1-3-5-15-24(4-2)16-14-19-11-12-21-20-9-7-6-8-18(20)10-13-22(21)23(19)17-24;17-13-7-8-14-15(11-13)20(18,19)10-4-9-16(14)12-5-2-1-3-6-12/h6-12,14H,3-5,13,15-17H2,1-2H3;1-9,11,17H,10H2. The number of nitrogens with zero attached hydrogens (tertiary/aromatic N) is 1. The molecule has 226 valence electrons. The first-order valence-corrected chi connectivity index (χ1v) is 17.5. The molecule has 0 aromatic heterocycles. The topological polar surface area (TPSA) is 57.6 Å². The molecule has 2 aliphatic carbocycles. The van der Waals surface area contributed by atoms with E-state index in [1.807, 2.05) is 30.3 Å². The first kappa shape index (κ1) is 30.0. The number of rotatable bonds is 5. The number of phenols is 1. The van der Waals surface area contributed by atoms with Crippen molar-refractivity contribution in [3.8, 4) is 5.75 Å². The molecule has 0 bridgehead atoms. The fourth-order valence-electron chi connectivity index (χ4n) is 6.90. The van der Waals surface area contributed by atoms with Crippen LogP contribution in [0.4, 0.5) is 11.4 Å². The second-order valence-electron chi connectivity index (χ2n) is 12.2. The van der Waals surface area contributed by atoms with Gasteiger partial charge in [-0.05, 0) is 93.8 Å². The van der Waals surface area contributed by atoms with Crippen LogP contribution in [0.5, 0.6) is 5.75 Å². The van der Waals surface area contributed by atoms with Gasteiger partial charge >= 0.3 is 0 Å². The number of fused-ring (bicyclic) bond motifs is 5. The van der Waals surface area contributed by atoms with Crippen LogP contribution in [0.25, 0.3) is 12.2 Å². The molecule has 4 nitrogen and oxygen atoms in total. The number of hydrogen-bond donors (Lipinski definition) is 1. The molecular formula is C39H41NO3S. The zero-order valence-electron chi connectivity index (χ0n) is 25.7. The summed E-state index contributed by atoms with van der Waals surface area (Å²) in [6.07, 6.45) is 17.3. The SMILES string of the molecule is CCCCC1(CC)CC=c2ccc3c(c2C1)CC=c1ccccc1=3.O=S1(=O)CC=CN(c2ccccc2)c2ccc(O)cc21. The number of aromatic hydroxyl groups is 1. The highest BCUT2D eigenvalue weighted by atomic mass is 32.2. The quantitative estimate of drug-likeness (QED) is 0.257. The Morgan fingerprint density at radius 1 is 0.841 bits per heavy atom. The Balaban J connectivity index is 0.000000159. The fraction of sp³-hybridized carbons (Fsp3) is 0.282. The Bertz CT molecular complexity index is 2030. The molecule has 44 heavy (non-hydrogen) atoms. The molecule has 7 rings (SSSR count). The first-order valence-electron chi connectivity index (χ1n) is 15.8. The van der Waals surface area contributed by atoms with Gasteiger partial charge in [0.2, 0.25) is 0 Å². The smallest absolute Gasteiger partial charge is 0.184 e. The van der Waals surface area contributed by atoms with E-state index in [-0.39, 0.29) is 16.4 Å². The van der Waals surface area contributed by atoms with E-state index in [4.69, 9.17) is 0 Å². The third-order valence-electron chi connectivity index (χ3n) is 9.50. The predicted octanol–water partition coefficient (Wildman–Crippen LogP) is 7.45. The molecule has 5 heteroatoms. The van der Waals surface area contributed by atoms with Crippen LogP contribution in [0.15, 0.2) is 102 Å². The summed E-state index contributed by atoms with van der Waals surface area (Å²) in [4.78, 5) is 1.95. The lowest BCUT2D eigenvalue weighted by molar-refractivity contribution is 0.244. The highest BCUT2D eigenvalue weighted by Gasteiger charge is 2.31. The van der Waals surface area contributed by atoms with Gasteiger partial charge < -0.3 is 10.0 Å². The maximum atomic E-state index is 12.2. The van der Waals surface area contributed by atoms with Gasteiger partial charge in [-0.1, -0.05) is 99.5 Å². The van der Waals surface area contributed by atoms with Crippen LogP contribution >= 0.6 is 0 Å². The Labute approximate surface area is 260 Å². The number of anilines is 2. The van der Waals surface area contributed by atoms with Gasteiger partial charge in [-0.3, -0.25) is 0 Å². The van der Waals surface area contributed by atoms with Gasteiger partial charge in [0.1, 0.15) is 5.75 Å². The monoisotopic (exact) mass is 603 g/mol. The third kappa shape index (κ3) is 5.86. The maximum absolute atomic E-state index is 12.2. The average molecular weight is 604 g/mol. The Morgan fingerprint density at radius 2 is 1.64 bits per heavy atom. The molecule has 3 aliphatic rings. The number of hydrogen-bond acceptors (Lipinski definition) is 4. The van der Waals surface area contributed by atoms with Crippen molar-refractivity contribution in [2.75, 3.05) is 10.7 Å². The largest absolute Gasteiger partial charge is 0.508 e. The van der Waals surface area contributed by atoms with E-state index in [9.17, 15) is 13.5 Å². The van der Waals surface area contributed by atoms with Crippen molar-refractivity contribution in [1.82, 2.24) is 0 Å². The van der Waals surface area contributed by atoms with Gasteiger partial charge in [0.05, 0.1) is 16.3 Å². The minimum Gasteiger partial charge on any atom is -0.508 e. The number of para-hydroxylation sites is 1. The summed E-state index contributed by atoms with van der Waals surface area (Å²) < 4.78 is 24.5. The van der Waals surface area contributed by atoms with Crippen LogP contribution in [0, 0.1) is 15.9 Å². The van der Waals surface area contributed by atoms with Gasteiger partial charge in [0.25, 0.3) is 0 Å². The molecule has 1 heterocycles. The lowest BCUT2D eigenvalue weighted by Gasteiger charge is -2.36. The lowest BCUT2D eigenvalue weighted by atomic mass is 9.69. The van der Waals surface area contributed by atoms with Crippen LogP contribution in [0.1, 0.15) is 57.1 Å². The average Bonchev–Trinajstić information content (AvgIpc) is 3.19.